The van der Waals surface area contributed by atoms with E-state index in [0.717, 1.165) is 31.6 Å². The Bertz CT molecular complexity index is 387. The topological polar surface area (TPSA) is 45.2 Å². The number of pyridine rings is 1. The van der Waals surface area contributed by atoms with Crippen molar-refractivity contribution in [2.75, 3.05) is 25.5 Å². The maximum absolute atomic E-state index is 12.1. The van der Waals surface area contributed by atoms with Crippen LogP contribution in [0.25, 0.3) is 0 Å². The first-order valence-corrected chi connectivity index (χ1v) is 7.00. The van der Waals surface area contributed by atoms with Gasteiger partial charge in [0.1, 0.15) is 5.69 Å². The minimum absolute atomic E-state index is 0.0114. The summed E-state index contributed by atoms with van der Waals surface area (Å²) in [6, 6.07) is 3.69. The smallest absolute Gasteiger partial charge is 0.272 e. The van der Waals surface area contributed by atoms with Gasteiger partial charge in [-0.15, -0.1) is 0 Å². The van der Waals surface area contributed by atoms with Crippen molar-refractivity contribution in [3.8, 4) is 0 Å². The number of nitrogens with one attached hydrogen (secondary N) is 1. The van der Waals surface area contributed by atoms with Crippen molar-refractivity contribution in [3.05, 3.63) is 24.0 Å². The van der Waals surface area contributed by atoms with E-state index in [2.05, 4.69) is 31.1 Å². The van der Waals surface area contributed by atoms with Gasteiger partial charge < -0.3 is 10.2 Å². The number of hydrogen-bond donors (Lipinski definition) is 1. The summed E-state index contributed by atoms with van der Waals surface area (Å²) in [5.41, 5.74) is 1.47. The molecule has 0 unspecified atom stereocenters. The highest BCUT2D eigenvalue weighted by molar-refractivity contribution is 5.92. The second kappa shape index (κ2) is 7.77. The number of amides is 1. The molecule has 1 rings (SSSR count). The van der Waals surface area contributed by atoms with E-state index in [1.165, 1.54) is 0 Å². The SMILES string of the molecule is CCCNc1ccc(C(=O)N(C)CCC(C)C)nc1. The summed E-state index contributed by atoms with van der Waals surface area (Å²) in [5.74, 6) is 0.589. The number of rotatable bonds is 7. The molecule has 0 fully saturated rings. The second-order valence-corrected chi connectivity index (χ2v) is 5.27. The van der Waals surface area contributed by atoms with Crippen molar-refractivity contribution >= 4 is 11.6 Å². The number of carbonyl (C=O) groups excluding carboxylic acids is 1. The minimum Gasteiger partial charge on any atom is -0.384 e. The summed E-state index contributed by atoms with van der Waals surface area (Å²) in [4.78, 5) is 18.1. The molecule has 0 bridgehead atoms. The lowest BCUT2D eigenvalue weighted by Gasteiger charge is -2.18. The van der Waals surface area contributed by atoms with Crippen LogP contribution in [0.3, 0.4) is 0 Å². The third-order valence-corrected chi connectivity index (χ3v) is 2.95. The molecule has 0 aliphatic rings. The second-order valence-electron chi connectivity index (χ2n) is 5.27. The first-order chi connectivity index (χ1) is 9.04. The van der Waals surface area contributed by atoms with Gasteiger partial charge in [-0.25, -0.2) is 4.98 Å². The lowest BCUT2D eigenvalue weighted by molar-refractivity contribution is 0.0783. The van der Waals surface area contributed by atoms with Crippen LogP contribution in [-0.4, -0.2) is 35.9 Å². The molecule has 4 heteroatoms. The number of anilines is 1. The Kier molecular flexibility index (Phi) is 6.33. The molecular weight excluding hydrogens is 238 g/mol. The quantitative estimate of drug-likeness (QED) is 0.822. The fourth-order valence-electron chi connectivity index (χ4n) is 1.64. The third-order valence-electron chi connectivity index (χ3n) is 2.95. The van der Waals surface area contributed by atoms with Crippen LogP contribution in [0.4, 0.5) is 5.69 Å². The van der Waals surface area contributed by atoms with Crippen LogP contribution in [0, 0.1) is 5.92 Å². The van der Waals surface area contributed by atoms with Gasteiger partial charge >= 0.3 is 0 Å². The minimum atomic E-state index is -0.0114. The molecule has 0 aromatic carbocycles. The molecule has 0 saturated heterocycles. The number of carbonyl (C=O) groups is 1. The largest absolute Gasteiger partial charge is 0.384 e. The average molecular weight is 263 g/mol. The molecule has 1 amide bonds. The van der Waals surface area contributed by atoms with E-state index in [0.29, 0.717) is 11.6 Å². The maximum atomic E-state index is 12.1. The van der Waals surface area contributed by atoms with Gasteiger partial charge in [0.25, 0.3) is 5.91 Å². The van der Waals surface area contributed by atoms with Gasteiger partial charge in [-0.1, -0.05) is 20.8 Å². The van der Waals surface area contributed by atoms with Crippen LogP contribution < -0.4 is 5.32 Å². The standard InChI is InChI=1S/C15H25N3O/c1-5-9-16-13-6-7-14(17-11-13)15(19)18(4)10-8-12(2)3/h6-7,11-12,16H,5,8-10H2,1-4H3. The third kappa shape index (κ3) is 5.28. The fourth-order valence-corrected chi connectivity index (χ4v) is 1.64. The number of aromatic nitrogens is 1. The molecule has 1 N–H and O–H groups in total. The van der Waals surface area contributed by atoms with E-state index in [4.69, 9.17) is 0 Å². The first-order valence-electron chi connectivity index (χ1n) is 7.00. The monoisotopic (exact) mass is 263 g/mol. The van der Waals surface area contributed by atoms with Crippen molar-refractivity contribution in [3.63, 3.8) is 0 Å². The predicted octanol–water partition coefficient (Wildman–Crippen LogP) is 3.02. The highest BCUT2D eigenvalue weighted by Crippen LogP contribution is 2.09. The van der Waals surface area contributed by atoms with E-state index in [1.807, 2.05) is 13.1 Å². The zero-order valence-electron chi connectivity index (χ0n) is 12.4. The number of hydrogen-bond acceptors (Lipinski definition) is 3. The zero-order chi connectivity index (χ0) is 14.3. The molecule has 0 aliphatic carbocycles. The van der Waals surface area contributed by atoms with E-state index in [-0.39, 0.29) is 5.91 Å². The maximum Gasteiger partial charge on any atom is 0.272 e. The van der Waals surface area contributed by atoms with Crippen LogP contribution in [0.2, 0.25) is 0 Å². The Hall–Kier alpha value is -1.58. The summed E-state index contributed by atoms with van der Waals surface area (Å²) in [5, 5.41) is 3.24. The summed E-state index contributed by atoms with van der Waals surface area (Å²) in [6.07, 6.45) is 3.80. The van der Waals surface area contributed by atoms with Gasteiger partial charge in [0, 0.05) is 20.1 Å². The molecule has 106 valence electrons. The number of nitrogens with zero attached hydrogens (tertiary/aromatic N) is 2. The molecule has 1 heterocycles. The van der Waals surface area contributed by atoms with Gasteiger partial charge in [-0.2, -0.15) is 0 Å². The summed E-state index contributed by atoms with van der Waals surface area (Å²) in [6.45, 7) is 8.12. The summed E-state index contributed by atoms with van der Waals surface area (Å²) < 4.78 is 0. The highest BCUT2D eigenvalue weighted by atomic mass is 16.2. The predicted molar refractivity (Wildman–Crippen MR) is 79.4 cm³/mol. The van der Waals surface area contributed by atoms with Crippen molar-refractivity contribution in [2.24, 2.45) is 5.92 Å². The van der Waals surface area contributed by atoms with E-state index in [9.17, 15) is 4.79 Å². The fraction of sp³-hybridized carbons (Fsp3) is 0.600. The van der Waals surface area contributed by atoms with Crippen molar-refractivity contribution in [2.45, 2.75) is 33.6 Å². The Balaban J connectivity index is 2.56. The molecule has 19 heavy (non-hydrogen) atoms. The van der Waals surface area contributed by atoms with Crippen LogP contribution in [0.1, 0.15) is 44.1 Å². The van der Waals surface area contributed by atoms with Crippen LogP contribution in [-0.2, 0) is 0 Å². The van der Waals surface area contributed by atoms with Crippen molar-refractivity contribution in [1.82, 2.24) is 9.88 Å². The summed E-state index contributed by atoms with van der Waals surface area (Å²) >= 11 is 0. The first kappa shape index (κ1) is 15.5. The highest BCUT2D eigenvalue weighted by Gasteiger charge is 2.13. The molecule has 4 nitrogen and oxygen atoms in total. The lowest BCUT2D eigenvalue weighted by atomic mass is 10.1. The molecule has 1 aromatic heterocycles. The Morgan fingerprint density at radius 2 is 2.16 bits per heavy atom. The Morgan fingerprint density at radius 1 is 1.42 bits per heavy atom. The van der Waals surface area contributed by atoms with Gasteiger partial charge in [0.2, 0.25) is 0 Å². The molecular formula is C15H25N3O. The summed E-state index contributed by atoms with van der Waals surface area (Å²) in [7, 11) is 1.83. The molecule has 0 spiro atoms. The van der Waals surface area contributed by atoms with Crippen molar-refractivity contribution < 1.29 is 4.79 Å². The molecule has 0 aliphatic heterocycles. The van der Waals surface area contributed by atoms with Crippen LogP contribution >= 0.6 is 0 Å². The van der Waals surface area contributed by atoms with Crippen molar-refractivity contribution in [1.29, 1.82) is 0 Å². The normalized spacial score (nSPS) is 10.6. The zero-order valence-corrected chi connectivity index (χ0v) is 12.4. The molecule has 1 aromatic rings. The van der Waals surface area contributed by atoms with Gasteiger partial charge in [-0.3, -0.25) is 4.79 Å². The van der Waals surface area contributed by atoms with Crippen LogP contribution in [0.15, 0.2) is 18.3 Å². The van der Waals surface area contributed by atoms with Gasteiger partial charge in [0.05, 0.1) is 11.9 Å². The molecule has 0 radical (unpaired) electrons. The van der Waals surface area contributed by atoms with Gasteiger partial charge in [0.15, 0.2) is 0 Å². The molecule has 0 saturated carbocycles. The lowest BCUT2D eigenvalue weighted by Crippen LogP contribution is -2.29. The van der Waals surface area contributed by atoms with Crippen LogP contribution in [0.5, 0.6) is 0 Å². The Labute approximate surface area is 116 Å². The van der Waals surface area contributed by atoms with Gasteiger partial charge in [-0.05, 0) is 30.9 Å². The van der Waals surface area contributed by atoms with E-state index < -0.39 is 0 Å². The molecule has 0 atom stereocenters. The Morgan fingerprint density at radius 3 is 2.68 bits per heavy atom. The van der Waals surface area contributed by atoms with E-state index >= 15 is 0 Å². The average Bonchev–Trinajstić information content (AvgIpc) is 2.42. The van der Waals surface area contributed by atoms with E-state index in [1.54, 1.807) is 17.2 Å².